The topological polar surface area (TPSA) is 92.9 Å². The van der Waals surface area contributed by atoms with Gasteiger partial charge in [0, 0.05) is 11.7 Å². The summed E-state index contributed by atoms with van der Waals surface area (Å²) in [6, 6.07) is 2.06. The van der Waals surface area contributed by atoms with Crippen LogP contribution in [0, 0.1) is 6.92 Å². The van der Waals surface area contributed by atoms with E-state index in [0.29, 0.717) is 17.7 Å². The van der Waals surface area contributed by atoms with Crippen molar-refractivity contribution in [3.8, 4) is 0 Å². The number of carbonyl (C=O) groups is 1. The minimum atomic E-state index is -0.0560. The second kappa shape index (κ2) is 5.26. The molecule has 18 heavy (non-hydrogen) atoms. The van der Waals surface area contributed by atoms with Crippen LogP contribution in [-0.4, -0.2) is 33.5 Å². The maximum atomic E-state index is 11.5. The van der Waals surface area contributed by atoms with E-state index in [9.17, 15) is 4.79 Å². The molecule has 1 amide bonds. The lowest BCUT2D eigenvalue weighted by atomic mass is 10.3. The fourth-order valence-electron chi connectivity index (χ4n) is 1.44. The minimum absolute atomic E-state index is 0.0560. The molecular formula is C11H15N5OS. The van der Waals surface area contributed by atoms with Crippen molar-refractivity contribution in [2.75, 3.05) is 11.9 Å². The molecule has 0 aromatic carbocycles. The van der Waals surface area contributed by atoms with Crippen LogP contribution < -0.4 is 16.4 Å². The zero-order valence-electron chi connectivity index (χ0n) is 10.1. The van der Waals surface area contributed by atoms with E-state index in [4.69, 9.17) is 18.0 Å². The van der Waals surface area contributed by atoms with Gasteiger partial charge in [-0.25, -0.2) is 9.97 Å². The Morgan fingerprint density at radius 1 is 1.56 bits per heavy atom. The largest absolute Gasteiger partial charge is 0.388 e. The molecule has 1 aromatic rings. The van der Waals surface area contributed by atoms with Crippen molar-refractivity contribution in [3.63, 3.8) is 0 Å². The lowest BCUT2D eigenvalue weighted by Gasteiger charge is -2.07. The third-order valence-electron chi connectivity index (χ3n) is 2.46. The highest BCUT2D eigenvalue weighted by Gasteiger charge is 2.22. The normalized spacial score (nSPS) is 14.1. The number of aryl methyl sites for hydroxylation is 1. The van der Waals surface area contributed by atoms with Gasteiger partial charge in [0.1, 0.15) is 10.7 Å². The van der Waals surface area contributed by atoms with Crippen molar-refractivity contribution in [2.45, 2.75) is 25.8 Å². The van der Waals surface area contributed by atoms with Gasteiger partial charge >= 0.3 is 0 Å². The number of anilines is 1. The zero-order chi connectivity index (χ0) is 13.1. The molecule has 1 aliphatic rings. The standard InChI is InChI=1S/C11H15N5OS/c1-6-4-8(10(12)18)16-11(14-6)13-5-9(17)15-7-2-3-7/h4,7H,2-3,5H2,1H3,(H2,12,18)(H,15,17)(H,13,14,16). The Balaban J connectivity index is 1.95. The van der Waals surface area contributed by atoms with Crippen LogP contribution in [-0.2, 0) is 4.79 Å². The van der Waals surface area contributed by atoms with Gasteiger partial charge in [-0.3, -0.25) is 4.79 Å². The molecule has 4 N–H and O–H groups in total. The Morgan fingerprint density at radius 3 is 2.89 bits per heavy atom. The van der Waals surface area contributed by atoms with Gasteiger partial charge in [-0.05, 0) is 25.8 Å². The maximum Gasteiger partial charge on any atom is 0.239 e. The molecule has 0 bridgehead atoms. The number of nitrogens with one attached hydrogen (secondary N) is 2. The zero-order valence-corrected chi connectivity index (χ0v) is 10.9. The molecule has 6 nitrogen and oxygen atoms in total. The summed E-state index contributed by atoms with van der Waals surface area (Å²) in [6.45, 7) is 1.97. The number of hydrogen-bond acceptors (Lipinski definition) is 5. The highest BCUT2D eigenvalue weighted by atomic mass is 32.1. The van der Waals surface area contributed by atoms with Crippen molar-refractivity contribution >= 4 is 29.1 Å². The van der Waals surface area contributed by atoms with Crippen molar-refractivity contribution in [1.29, 1.82) is 0 Å². The van der Waals surface area contributed by atoms with Gasteiger partial charge in [-0.15, -0.1) is 0 Å². The second-order valence-corrected chi connectivity index (χ2v) is 4.72. The Labute approximate surface area is 110 Å². The summed E-state index contributed by atoms with van der Waals surface area (Å²) in [5.41, 5.74) is 6.77. The number of aromatic nitrogens is 2. The third kappa shape index (κ3) is 3.63. The molecule has 2 rings (SSSR count). The second-order valence-electron chi connectivity index (χ2n) is 4.28. The Morgan fingerprint density at radius 2 is 2.28 bits per heavy atom. The third-order valence-corrected chi connectivity index (χ3v) is 2.67. The summed E-state index contributed by atoms with van der Waals surface area (Å²) in [6.07, 6.45) is 2.14. The Bertz CT molecular complexity index is 486. The molecule has 1 aliphatic carbocycles. The number of rotatable bonds is 5. The average molecular weight is 265 g/mol. The van der Waals surface area contributed by atoms with E-state index in [1.807, 2.05) is 6.92 Å². The number of thiocarbonyl (C=S) groups is 1. The summed E-state index contributed by atoms with van der Waals surface area (Å²) >= 11 is 4.86. The van der Waals surface area contributed by atoms with Crippen LogP contribution >= 0.6 is 12.2 Å². The van der Waals surface area contributed by atoms with Crippen LogP contribution in [0.15, 0.2) is 6.07 Å². The molecular weight excluding hydrogens is 250 g/mol. The Hall–Kier alpha value is -1.76. The first-order valence-electron chi connectivity index (χ1n) is 5.73. The number of hydrogen-bond donors (Lipinski definition) is 3. The Kier molecular flexibility index (Phi) is 3.71. The molecule has 1 fully saturated rings. The van der Waals surface area contributed by atoms with Crippen LogP contribution in [0.25, 0.3) is 0 Å². The molecule has 1 aromatic heterocycles. The number of nitrogens with zero attached hydrogens (tertiary/aromatic N) is 2. The van der Waals surface area contributed by atoms with E-state index in [1.165, 1.54) is 0 Å². The van der Waals surface area contributed by atoms with Crippen LogP contribution in [0.4, 0.5) is 5.95 Å². The van der Waals surface area contributed by atoms with Gasteiger partial charge in [0.25, 0.3) is 0 Å². The predicted octanol–water partition coefficient (Wildman–Crippen LogP) is 0.110. The summed E-state index contributed by atoms with van der Waals surface area (Å²) in [5.74, 6) is 0.309. The molecule has 1 saturated carbocycles. The molecule has 0 unspecified atom stereocenters. The molecule has 96 valence electrons. The lowest BCUT2D eigenvalue weighted by molar-refractivity contribution is -0.119. The number of amides is 1. The molecule has 0 aliphatic heterocycles. The van der Waals surface area contributed by atoms with E-state index in [2.05, 4.69) is 20.6 Å². The predicted molar refractivity (Wildman–Crippen MR) is 72.3 cm³/mol. The van der Waals surface area contributed by atoms with Crippen molar-refractivity contribution < 1.29 is 4.79 Å². The summed E-state index contributed by atoms with van der Waals surface area (Å²) in [4.78, 5) is 20.0. The van der Waals surface area contributed by atoms with E-state index in [0.717, 1.165) is 18.5 Å². The molecule has 0 atom stereocenters. The van der Waals surface area contributed by atoms with Gasteiger partial charge in [-0.1, -0.05) is 12.2 Å². The maximum absolute atomic E-state index is 11.5. The molecule has 0 saturated heterocycles. The van der Waals surface area contributed by atoms with Crippen LogP contribution in [0.5, 0.6) is 0 Å². The van der Waals surface area contributed by atoms with E-state index in [1.54, 1.807) is 6.07 Å². The quantitative estimate of drug-likeness (QED) is 0.654. The fraction of sp³-hybridized carbons (Fsp3) is 0.455. The van der Waals surface area contributed by atoms with Gasteiger partial charge in [-0.2, -0.15) is 0 Å². The summed E-state index contributed by atoms with van der Waals surface area (Å²) in [5, 5.41) is 5.73. The monoisotopic (exact) mass is 265 g/mol. The van der Waals surface area contributed by atoms with Gasteiger partial charge in [0.05, 0.1) is 6.54 Å². The SMILES string of the molecule is Cc1cc(C(N)=S)nc(NCC(=O)NC2CC2)n1. The number of carbonyl (C=O) groups excluding carboxylic acids is 1. The average Bonchev–Trinajstić information content (AvgIpc) is 3.09. The van der Waals surface area contributed by atoms with Crippen molar-refractivity contribution in [2.24, 2.45) is 5.73 Å². The minimum Gasteiger partial charge on any atom is -0.388 e. The summed E-state index contributed by atoms with van der Waals surface area (Å²) in [7, 11) is 0. The highest BCUT2D eigenvalue weighted by Crippen LogP contribution is 2.18. The molecule has 0 spiro atoms. The first kappa shape index (κ1) is 12.7. The fourth-order valence-corrected chi connectivity index (χ4v) is 1.54. The van der Waals surface area contributed by atoms with Gasteiger partial charge < -0.3 is 16.4 Å². The smallest absolute Gasteiger partial charge is 0.239 e. The van der Waals surface area contributed by atoms with Crippen molar-refractivity contribution in [1.82, 2.24) is 15.3 Å². The molecule has 1 heterocycles. The van der Waals surface area contributed by atoms with E-state index >= 15 is 0 Å². The van der Waals surface area contributed by atoms with Gasteiger partial charge in [0.15, 0.2) is 0 Å². The van der Waals surface area contributed by atoms with Crippen LogP contribution in [0.1, 0.15) is 24.2 Å². The van der Waals surface area contributed by atoms with Crippen LogP contribution in [0.3, 0.4) is 0 Å². The number of nitrogens with two attached hydrogens (primary N) is 1. The van der Waals surface area contributed by atoms with Gasteiger partial charge in [0.2, 0.25) is 11.9 Å². The summed E-state index contributed by atoms with van der Waals surface area (Å²) < 4.78 is 0. The van der Waals surface area contributed by atoms with Crippen molar-refractivity contribution in [3.05, 3.63) is 17.5 Å². The first-order valence-corrected chi connectivity index (χ1v) is 6.14. The molecule has 0 radical (unpaired) electrons. The van der Waals surface area contributed by atoms with Crippen LogP contribution in [0.2, 0.25) is 0 Å². The highest BCUT2D eigenvalue weighted by molar-refractivity contribution is 7.80. The lowest BCUT2D eigenvalue weighted by Crippen LogP contribution is -2.32. The first-order chi connectivity index (χ1) is 8.54. The van der Waals surface area contributed by atoms with E-state index < -0.39 is 0 Å². The van der Waals surface area contributed by atoms with E-state index in [-0.39, 0.29) is 17.4 Å². The molecule has 7 heteroatoms.